The molecule has 0 bridgehead atoms. The Bertz CT molecular complexity index is 327. The van der Waals surface area contributed by atoms with E-state index in [-0.39, 0.29) is 5.57 Å². The summed E-state index contributed by atoms with van der Waals surface area (Å²) in [7, 11) is 0. The number of rotatable bonds is 1. The maximum absolute atomic E-state index is 12.8. The van der Waals surface area contributed by atoms with E-state index in [4.69, 9.17) is 0 Å². The Kier molecular flexibility index (Phi) is 3.04. The summed E-state index contributed by atoms with van der Waals surface area (Å²) in [6.45, 7) is 5.36. The van der Waals surface area contributed by atoms with Crippen molar-refractivity contribution in [1.29, 1.82) is 0 Å². The van der Waals surface area contributed by atoms with Gasteiger partial charge in [0.2, 0.25) is 0 Å². The van der Waals surface area contributed by atoms with Gasteiger partial charge < -0.3 is 0 Å². The van der Waals surface area contributed by atoms with Crippen LogP contribution >= 0.6 is 0 Å². The number of hydrogen-bond donors (Lipinski definition) is 0. The van der Waals surface area contributed by atoms with Gasteiger partial charge in [-0.1, -0.05) is 51.1 Å². The van der Waals surface area contributed by atoms with Gasteiger partial charge in [0.05, 0.1) is 0 Å². The lowest BCUT2D eigenvalue weighted by atomic mass is 9.83. The molecule has 1 aromatic rings. The molecule has 0 aliphatic heterocycles. The summed E-state index contributed by atoms with van der Waals surface area (Å²) in [6.07, 6.45) is -1.59. The molecule has 0 aromatic heterocycles. The fourth-order valence-corrected chi connectivity index (χ4v) is 1.43. The van der Waals surface area contributed by atoms with Gasteiger partial charge in [0, 0.05) is 5.57 Å². The van der Waals surface area contributed by atoms with Gasteiger partial charge in [-0.25, -0.2) is 0 Å². The number of allylic oxidation sites excluding steroid dienone is 1. The Hall–Kier alpha value is -1.18. The average molecular weight is 196 g/mol. The Morgan fingerprint density at radius 2 is 1.50 bits per heavy atom. The van der Waals surface area contributed by atoms with Crippen LogP contribution in [0.25, 0.3) is 5.57 Å². The van der Waals surface area contributed by atoms with Gasteiger partial charge in [-0.15, -0.1) is 0 Å². The fraction of sp³-hybridized carbons (Fsp3) is 0.333. The molecule has 0 aliphatic rings. The second-order valence-electron chi connectivity index (χ2n) is 4.25. The molecule has 0 aliphatic carbocycles. The average Bonchev–Trinajstić information content (AvgIpc) is 2.02. The van der Waals surface area contributed by atoms with Crippen LogP contribution in [0.15, 0.2) is 36.4 Å². The Balaban J connectivity index is 3.24. The van der Waals surface area contributed by atoms with Crippen molar-refractivity contribution in [3.05, 3.63) is 42.0 Å². The van der Waals surface area contributed by atoms with E-state index >= 15 is 0 Å². The molecule has 0 fully saturated rings. The van der Waals surface area contributed by atoms with Crippen LogP contribution < -0.4 is 0 Å². The van der Waals surface area contributed by atoms with Crippen molar-refractivity contribution in [3.63, 3.8) is 0 Å². The van der Waals surface area contributed by atoms with Crippen molar-refractivity contribution in [2.75, 3.05) is 0 Å². The summed E-state index contributed by atoms with van der Waals surface area (Å²) in [5, 5.41) is 0. The highest BCUT2D eigenvalue weighted by atomic mass is 19.3. The van der Waals surface area contributed by atoms with Crippen LogP contribution in [0.5, 0.6) is 0 Å². The molecule has 0 N–H and O–H groups in total. The lowest BCUT2D eigenvalue weighted by Gasteiger charge is -2.22. The van der Waals surface area contributed by atoms with Gasteiger partial charge in [-0.05, 0) is 11.0 Å². The van der Waals surface area contributed by atoms with Gasteiger partial charge in [0.15, 0.2) is 0 Å². The summed E-state index contributed by atoms with van der Waals surface area (Å²) in [6, 6.07) is 8.77. The van der Waals surface area contributed by atoms with Crippen LogP contribution in [-0.2, 0) is 0 Å². The third-order valence-corrected chi connectivity index (χ3v) is 2.00. The standard InChI is InChI=1S/C12H14F2/c1-12(2,3)10(11(13)14)9-7-5-4-6-8-9/h4-8H,1-3H3. The lowest BCUT2D eigenvalue weighted by Crippen LogP contribution is -2.09. The van der Waals surface area contributed by atoms with Gasteiger partial charge in [0.1, 0.15) is 0 Å². The van der Waals surface area contributed by atoms with Crippen LogP contribution in [0.1, 0.15) is 26.3 Å². The molecule has 0 spiro atoms. The van der Waals surface area contributed by atoms with Crippen molar-refractivity contribution < 1.29 is 8.78 Å². The molecule has 0 nitrogen and oxygen atoms in total. The van der Waals surface area contributed by atoms with Crippen molar-refractivity contribution in [1.82, 2.24) is 0 Å². The molecule has 0 heterocycles. The van der Waals surface area contributed by atoms with E-state index in [0.717, 1.165) is 0 Å². The zero-order valence-corrected chi connectivity index (χ0v) is 8.64. The number of halogens is 2. The summed E-state index contributed by atoms with van der Waals surface area (Å²) >= 11 is 0. The molecule has 0 radical (unpaired) electrons. The quantitative estimate of drug-likeness (QED) is 0.626. The summed E-state index contributed by atoms with van der Waals surface area (Å²) in [4.78, 5) is 0. The minimum atomic E-state index is -1.59. The summed E-state index contributed by atoms with van der Waals surface area (Å²) in [5.41, 5.74) is 0.193. The van der Waals surface area contributed by atoms with Gasteiger partial charge in [-0.2, -0.15) is 8.78 Å². The Morgan fingerprint density at radius 1 is 1.00 bits per heavy atom. The molecule has 76 valence electrons. The number of hydrogen-bond acceptors (Lipinski definition) is 0. The summed E-state index contributed by atoms with van der Waals surface area (Å²) in [5.74, 6) is 0. The van der Waals surface area contributed by atoms with E-state index in [1.54, 1.807) is 45.0 Å². The molecule has 0 saturated carbocycles. The van der Waals surface area contributed by atoms with Crippen LogP contribution in [0.2, 0.25) is 0 Å². The predicted molar refractivity (Wildman–Crippen MR) is 55.0 cm³/mol. The molecule has 14 heavy (non-hydrogen) atoms. The molecule has 0 saturated heterocycles. The van der Waals surface area contributed by atoms with Crippen LogP contribution in [0.3, 0.4) is 0 Å². The SMILES string of the molecule is CC(C)(C)C(=C(F)F)c1ccccc1. The molecule has 2 heteroatoms. The lowest BCUT2D eigenvalue weighted by molar-refractivity contribution is 0.405. The highest BCUT2D eigenvalue weighted by Gasteiger charge is 2.23. The van der Waals surface area contributed by atoms with E-state index < -0.39 is 11.5 Å². The van der Waals surface area contributed by atoms with E-state index in [1.165, 1.54) is 0 Å². The van der Waals surface area contributed by atoms with Gasteiger partial charge in [-0.3, -0.25) is 0 Å². The van der Waals surface area contributed by atoms with Crippen LogP contribution in [0, 0.1) is 5.41 Å². The highest BCUT2D eigenvalue weighted by Crippen LogP contribution is 2.37. The second kappa shape index (κ2) is 3.91. The highest BCUT2D eigenvalue weighted by molar-refractivity contribution is 5.69. The maximum Gasteiger partial charge on any atom is 0.274 e. The van der Waals surface area contributed by atoms with Crippen LogP contribution in [-0.4, -0.2) is 0 Å². The van der Waals surface area contributed by atoms with E-state index in [9.17, 15) is 8.78 Å². The molecule has 0 unspecified atom stereocenters. The predicted octanol–water partition coefficient (Wildman–Crippen LogP) is 4.34. The summed E-state index contributed by atoms with van der Waals surface area (Å²) < 4.78 is 25.5. The van der Waals surface area contributed by atoms with E-state index in [2.05, 4.69) is 0 Å². The van der Waals surface area contributed by atoms with Crippen molar-refractivity contribution in [2.45, 2.75) is 20.8 Å². The third-order valence-electron chi connectivity index (χ3n) is 2.00. The molecule has 0 amide bonds. The molecule has 0 atom stereocenters. The zero-order chi connectivity index (χ0) is 10.8. The van der Waals surface area contributed by atoms with Gasteiger partial charge >= 0.3 is 0 Å². The van der Waals surface area contributed by atoms with E-state index in [0.29, 0.717) is 5.56 Å². The van der Waals surface area contributed by atoms with Crippen LogP contribution in [0.4, 0.5) is 8.78 Å². The first-order chi connectivity index (χ1) is 6.43. The third kappa shape index (κ3) is 2.41. The second-order valence-corrected chi connectivity index (χ2v) is 4.25. The minimum absolute atomic E-state index is 0.123. The van der Waals surface area contributed by atoms with E-state index in [1.807, 2.05) is 6.07 Å². The molecule has 1 rings (SSSR count). The zero-order valence-electron chi connectivity index (χ0n) is 8.64. The first-order valence-electron chi connectivity index (χ1n) is 4.54. The number of benzene rings is 1. The van der Waals surface area contributed by atoms with Crippen molar-refractivity contribution >= 4 is 5.57 Å². The Labute approximate surface area is 83.3 Å². The largest absolute Gasteiger partial charge is 0.274 e. The minimum Gasteiger partial charge on any atom is -0.173 e. The first kappa shape index (κ1) is 10.9. The fourth-order valence-electron chi connectivity index (χ4n) is 1.43. The van der Waals surface area contributed by atoms with Crippen molar-refractivity contribution in [2.24, 2.45) is 5.41 Å². The van der Waals surface area contributed by atoms with Gasteiger partial charge in [0.25, 0.3) is 6.08 Å². The molecular formula is C12H14F2. The smallest absolute Gasteiger partial charge is 0.173 e. The molecular weight excluding hydrogens is 182 g/mol. The van der Waals surface area contributed by atoms with Crippen molar-refractivity contribution in [3.8, 4) is 0 Å². The molecule has 1 aromatic carbocycles. The maximum atomic E-state index is 12.8. The Morgan fingerprint density at radius 3 is 1.86 bits per heavy atom. The monoisotopic (exact) mass is 196 g/mol. The first-order valence-corrected chi connectivity index (χ1v) is 4.54. The topological polar surface area (TPSA) is 0 Å². The normalized spacial score (nSPS) is 11.2.